The molecule has 2 aromatic rings. The van der Waals surface area contributed by atoms with Crippen molar-refractivity contribution in [2.75, 3.05) is 0 Å². The molecule has 20 heavy (non-hydrogen) atoms. The van der Waals surface area contributed by atoms with Crippen LogP contribution in [0, 0.1) is 17.5 Å². The molecule has 0 aliphatic heterocycles. The van der Waals surface area contributed by atoms with E-state index in [0.29, 0.717) is 5.56 Å². The maximum atomic E-state index is 13.7. The lowest BCUT2D eigenvalue weighted by atomic mass is 10.0. The Morgan fingerprint density at radius 3 is 2.20 bits per heavy atom. The molecule has 0 saturated carbocycles. The average Bonchev–Trinajstić information content (AvgIpc) is 2.45. The molecule has 106 valence electrons. The predicted molar refractivity (Wildman–Crippen MR) is 74.4 cm³/mol. The van der Waals surface area contributed by atoms with Crippen LogP contribution in [0.1, 0.15) is 35.4 Å². The zero-order chi connectivity index (χ0) is 14.7. The van der Waals surface area contributed by atoms with Crippen molar-refractivity contribution in [3.63, 3.8) is 0 Å². The topological polar surface area (TPSA) is 0 Å². The second kappa shape index (κ2) is 6.31. The molecule has 0 fully saturated rings. The molecular weight excluding hydrogens is 285 g/mol. The van der Waals surface area contributed by atoms with Crippen molar-refractivity contribution in [3.8, 4) is 0 Å². The van der Waals surface area contributed by atoms with Crippen LogP contribution < -0.4 is 0 Å². The fourth-order valence-corrected chi connectivity index (χ4v) is 2.37. The summed E-state index contributed by atoms with van der Waals surface area (Å²) in [6.07, 6.45) is 1.98. The summed E-state index contributed by atoms with van der Waals surface area (Å²) in [5.74, 6) is -3.94. The highest BCUT2D eigenvalue weighted by Gasteiger charge is 2.20. The summed E-state index contributed by atoms with van der Waals surface area (Å²) in [4.78, 5) is 0. The van der Waals surface area contributed by atoms with Gasteiger partial charge in [0.2, 0.25) is 0 Å². The molecule has 1 atom stereocenters. The molecule has 0 amide bonds. The zero-order valence-electron chi connectivity index (χ0n) is 11.0. The van der Waals surface area contributed by atoms with Gasteiger partial charge in [-0.25, -0.2) is 13.2 Å². The first-order valence-corrected chi connectivity index (χ1v) is 6.84. The highest BCUT2D eigenvalue weighted by atomic mass is 35.5. The highest BCUT2D eigenvalue weighted by molar-refractivity contribution is 6.22. The Balaban J connectivity index is 2.31. The number of hydrogen-bond donors (Lipinski definition) is 0. The van der Waals surface area contributed by atoms with Gasteiger partial charge in [0.15, 0.2) is 17.5 Å². The van der Waals surface area contributed by atoms with Gasteiger partial charge in [-0.15, -0.1) is 11.6 Å². The first-order valence-electron chi connectivity index (χ1n) is 6.41. The van der Waals surface area contributed by atoms with Crippen LogP contribution >= 0.6 is 11.6 Å². The molecule has 0 saturated heterocycles. The van der Waals surface area contributed by atoms with Gasteiger partial charge in [0.05, 0.1) is 5.38 Å². The molecule has 0 heterocycles. The molecule has 0 nitrogen and oxygen atoms in total. The van der Waals surface area contributed by atoms with E-state index in [4.69, 9.17) is 11.6 Å². The Bertz CT molecular complexity index is 593. The Hall–Kier alpha value is -1.48. The maximum absolute atomic E-state index is 13.7. The summed E-state index contributed by atoms with van der Waals surface area (Å²) in [5.41, 5.74) is 1.75. The first kappa shape index (κ1) is 14.9. The van der Waals surface area contributed by atoms with E-state index in [9.17, 15) is 13.2 Å². The molecule has 0 spiro atoms. The van der Waals surface area contributed by atoms with Crippen LogP contribution in [-0.2, 0) is 6.42 Å². The molecule has 0 aliphatic carbocycles. The Morgan fingerprint density at radius 1 is 0.950 bits per heavy atom. The molecule has 0 N–H and O–H groups in total. The molecule has 2 rings (SSSR count). The molecule has 4 heteroatoms. The average molecular weight is 299 g/mol. The summed E-state index contributed by atoms with van der Waals surface area (Å²) < 4.78 is 39.8. The van der Waals surface area contributed by atoms with E-state index in [-0.39, 0.29) is 5.56 Å². The predicted octanol–water partition coefficient (Wildman–Crippen LogP) is 5.38. The van der Waals surface area contributed by atoms with Gasteiger partial charge in [-0.05, 0) is 23.6 Å². The second-order valence-corrected chi connectivity index (χ2v) is 5.06. The number of aryl methyl sites for hydroxylation is 1. The quantitative estimate of drug-likeness (QED) is 0.525. The minimum absolute atomic E-state index is 0.0613. The third-order valence-corrected chi connectivity index (χ3v) is 3.64. The van der Waals surface area contributed by atoms with Crippen LogP contribution in [-0.4, -0.2) is 0 Å². The van der Waals surface area contributed by atoms with E-state index in [1.54, 1.807) is 12.1 Å². The minimum Gasteiger partial charge on any atom is -0.204 e. The summed E-state index contributed by atoms with van der Waals surface area (Å²) >= 11 is 6.16. The fraction of sp³-hybridized carbons (Fsp3) is 0.250. The minimum atomic E-state index is -1.49. The summed E-state index contributed by atoms with van der Waals surface area (Å²) in [6, 6.07) is 9.44. The first-order chi connectivity index (χ1) is 9.54. The number of alkyl halides is 1. The van der Waals surface area contributed by atoms with Crippen LogP contribution in [0.3, 0.4) is 0 Å². The van der Waals surface area contributed by atoms with Crippen LogP contribution in [0.25, 0.3) is 0 Å². The lowest BCUT2D eigenvalue weighted by molar-refractivity contribution is 0.441. The van der Waals surface area contributed by atoms with E-state index in [1.807, 2.05) is 12.1 Å². The molecule has 2 aromatic carbocycles. The maximum Gasteiger partial charge on any atom is 0.194 e. The van der Waals surface area contributed by atoms with Gasteiger partial charge in [-0.1, -0.05) is 43.7 Å². The standard InChI is InChI=1S/C16H14ClF3/c1-2-3-10-4-6-11(7-5-10)14(17)12-8-9-13(18)16(20)15(12)19/h4-9,14H,2-3H2,1H3. The third kappa shape index (κ3) is 2.98. The van der Waals surface area contributed by atoms with Crippen molar-refractivity contribution in [3.05, 3.63) is 70.5 Å². The van der Waals surface area contributed by atoms with Gasteiger partial charge in [0, 0.05) is 5.56 Å². The number of benzene rings is 2. The van der Waals surface area contributed by atoms with Gasteiger partial charge >= 0.3 is 0 Å². The van der Waals surface area contributed by atoms with Crippen LogP contribution in [0.15, 0.2) is 36.4 Å². The lowest BCUT2D eigenvalue weighted by Gasteiger charge is -2.12. The van der Waals surface area contributed by atoms with Crippen molar-refractivity contribution < 1.29 is 13.2 Å². The van der Waals surface area contributed by atoms with Crippen molar-refractivity contribution in [2.45, 2.75) is 25.1 Å². The van der Waals surface area contributed by atoms with Gasteiger partial charge in [0.1, 0.15) is 0 Å². The Kier molecular flexibility index (Phi) is 4.71. The van der Waals surface area contributed by atoms with Gasteiger partial charge in [-0.2, -0.15) is 0 Å². The summed E-state index contributed by atoms with van der Waals surface area (Å²) in [6.45, 7) is 2.08. The SMILES string of the molecule is CCCc1ccc(C(Cl)c2ccc(F)c(F)c2F)cc1. The van der Waals surface area contributed by atoms with Crippen LogP contribution in [0.5, 0.6) is 0 Å². The molecule has 0 radical (unpaired) electrons. The molecule has 0 aliphatic rings. The Morgan fingerprint density at radius 2 is 1.60 bits per heavy atom. The van der Waals surface area contributed by atoms with Gasteiger partial charge < -0.3 is 0 Å². The second-order valence-electron chi connectivity index (χ2n) is 4.62. The molecule has 0 aromatic heterocycles. The van der Waals surface area contributed by atoms with Crippen molar-refractivity contribution >= 4 is 11.6 Å². The smallest absolute Gasteiger partial charge is 0.194 e. The third-order valence-electron chi connectivity index (χ3n) is 3.15. The normalized spacial score (nSPS) is 12.4. The van der Waals surface area contributed by atoms with Crippen molar-refractivity contribution in [1.82, 2.24) is 0 Å². The van der Waals surface area contributed by atoms with Gasteiger partial charge in [-0.3, -0.25) is 0 Å². The van der Waals surface area contributed by atoms with Crippen LogP contribution in [0.2, 0.25) is 0 Å². The van der Waals surface area contributed by atoms with E-state index in [1.165, 1.54) is 6.07 Å². The largest absolute Gasteiger partial charge is 0.204 e. The summed E-state index contributed by atoms with van der Waals surface area (Å²) in [7, 11) is 0. The van der Waals surface area contributed by atoms with E-state index >= 15 is 0 Å². The fourth-order valence-electron chi connectivity index (χ4n) is 2.06. The van der Waals surface area contributed by atoms with E-state index in [0.717, 1.165) is 24.5 Å². The molecular formula is C16H14ClF3. The monoisotopic (exact) mass is 298 g/mol. The van der Waals surface area contributed by atoms with Crippen molar-refractivity contribution in [1.29, 1.82) is 0 Å². The number of halogens is 4. The Labute approximate surface area is 121 Å². The number of hydrogen-bond acceptors (Lipinski definition) is 0. The number of rotatable bonds is 4. The van der Waals surface area contributed by atoms with Gasteiger partial charge in [0.25, 0.3) is 0 Å². The van der Waals surface area contributed by atoms with Crippen LogP contribution in [0.4, 0.5) is 13.2 Å². The van der Waals surface area contributed by atoms with E-state index in [2.05, 4.69) is 6.92 Å². The molecule has 0 bridgehead atoms. The van der Waals surface area contributed by atoms with Crippen molar-refractivity contribution in [2.24, 2.45) is 0 Å². The zero-order valence-corrected chi connectivity index (χ0v) is 11.7. The summed E-state index contributed by atoms with van der Waals surface area (Å²) in [5, 5.41) is -0.847. The lowest BCUT2D eigenvalue weighted by Crippen LogP contribution is -2.02. The van der Waals surface area contributed by atoms with E-state index < -0.39 is 22.8 Å². The molecule has 1 unspecified atom stereocenters. The highest BCUT2D eigenvalue weighted by Crippen LogP contribution is 2.32.